The van der Waals surface area contributed by atoms with Crippen molar-refractivity contribution in [3.05, 3.63) is 59.0 Å². The maximum Gasteiger partial charge on any atom is 0.0954 e. The van der Waals surface area contributed by atoms with E-state index in [1.54, 1.807) is 18.6 Å². The fourth-order valence-electron chi connectivity index (χ4n) is 2.30. The molecule has 0 spiro atoms. The number of rotatable bonds is 3. The highest BCUT2D eigenvalue weighted by Gasteiger charge is 2.10. The maximum atomic E-state index is 6.04. The van der Waals surface area contributed by atoms with Gasteiger partial charge in [-0.2, -0.15) is 0 Å². The summed E-state index contributed by atoms with van der Waals surface area (Å²) in [5.74, 6) is 0. The van der Waals surface area contributed by atoms with Crippen LogP contribution in [-0.2, 0) is 0 Å². The molecule has 5 heteroatoms. The second-order valence-electron chi connectivity index (χ2n) is 4.90. The molecule has 4 nitrogen and oxygen atoms in total. The minimum Gasteiger partial charge on any atom is -0.398 e. The summed E-state index contributed by atoms with van der Waals surface area (Å²) in [7, 11) is 0. The van der Waals surface area contributed by atoms with Gasteiger partial charge in [0.25, 0.3) is 0 Å². The number of benzene rings is 1. The molecular formula is C16H15BrN4. The average molecular weight is 343 g/mol. The third kappa shape index (κ3) is 2.83. The van der Waals surface area contributed by atoms with Gasteiger partial charge in [0.1, 0.15) is 0 Å². The van der Waals surface area contributed by atoms with E-state index in [1.165, 1.54) is 5.56 Å². The van der Waals surface area contributed by atoms with Crippen LogP contribution in [0.3, 0.4) is 0 Å². The first-order valence-electron chi connectivity index (χ1n) is 6.65. The van der Waals surface area contributed by atoms with Crippen LogP contribution in [0.2, 0.25) is 0 Å². The van der Waals surface area contributed by atoms with Crippen LogP contribution in [0.1, 0.15) is 18.5 Å². The van der Waals surface area contributed by atoms with Crippen LogP contribution < -0.4 is 11.1 Å². The van der Waals surface area contributed by atoms with Crippen LogP contribution in [-0.4, -0.2) is 9.97 Å². The summed E-state index contributed by atoms with van der Waals surface area (Å²) in [5.41, 5.74) is 9.78. The van der Waals surface area contributed by atoms with Gasteiger partial charge in [0, 0.05) is 40.2 Å². The third-order valence-electron chi connectivity index (χ3n) is 3.43. The zero-order valence-corrected chi connectivity index (χ0v) is 13.1. The quantitative estimate of drug-likeness (QED) is 0.702. The number of hydrogen-bond donors (Lipinski definition) is 2. The second kappa shape index (κ2) is 5.69. The summed E-state index contributed by atoms with van der Waals surface area (Å²) < 4.78 is 0.918. The lowest BCUT2D eigenvalue weighted by Gasteiger charge is -2.17. The molecule has 0 aliphatic rings. The van der Waals surface area contributed by atoms with Gasteiger partial charge < -0.3 is 11.1 Å². The summed E-state index contributed by atoms with van der Waals surface area (Å²) in [6.07, 6.45) is 5.37. The Morgan fingerprint density at radius 3 is 2.71 bits per heavy atom. The van der Waals surface area contributed by atoms with E-state index in [9.17, 15) is 0 Å². The molecule has 3 aromatic rings. The molecule has 0 fully saturated rings. The van der Waals surface area contributed by atoms with Crippen molar-refractivity contribution in [2.45, 2.75) is 13.0 Å². The molecule has 2 aromatic heterocycles. The molecule has 0 aliphatic heterocycles. The highest BCUT2D eigenvalue weighted by molar-refractivity contribution is 9.10. The third-order valence-corrected chi connectivity index (χ3v) is 3.86. The molecule has 0 bridgehead atoms. The second-order valence-corrected chi connectivity index (χ2v) is 5.81. The Morgan fingerprint density at radius 1 is 1.19 bits per heavy atom. The molecule has 2 heterocycles. The molecule has 0 aliphatic carbocycles. The molecule has 0 saturated carbocycles. The van der Waals surface area contributed by atoms with E-state index < -0.39 is 0 Å². The Morgan fingerprint density at radius 2 is 1.95 bits per heavy atom. The number of nitrogens with one attached hydrogen (secondary N) is 1. The summed E-state index contributed by atoms with van der Waals surface area (Å²) >= 11 is 3.43. The predicted octanol–water partition coefficient (Wildman–Crippen LogP) is 4.15. The van der Waals surface area contributed by atoms with Crippen LogP contribution >= 0.6 is 15.9 Å². The van der Waals surface area contributed by atoms with Gasteiger partial charge >= 0.3 is 0 Å². The fraction of sp³-hybridized carbons (Fsp3) is 0.125. The minimum absolute atomic E-state index is 0.158. The van der Waals surface area contributed by atoms with Crippen molar-refractivity contribution < 1.29 is 0 Å². The lowest BCUT2D eigenvalue weighted by atomic mass is 10.1. The van der Waals surface area contributed by atoms with E-state index in [0.717, 1.165) is 26.8 Å². The number of nitrogen functional groups attached to an aromatic ring is 1. The van der Waals surface area contributed by atoms with Crippen LogP contribution in [0.15, 0.2) is 53.4 Å². The van der Waals surface area contributed by atoms with Crippen molar-refractivity contribution in [1.82, 2.24) is 9.97 Å². The monoisotopic (exact) mass is 342 g/mol. The van der Waals surface area contributed by atoms with E-state index in [1.807, 2.05) is 30.3 Å². The lowest BCUT2D eigenvalue weighted by molar-refractivity contribution is 0.882. The highest BCUT2D eigenvalue weighted by atomic mass is 79.9. The number of hydrogen-bond acceptors (Lipinski definition) is 4. The Labute approximate surface area is 131 Å². The van der Waals surface area contributed by atoms with Gasteiger partial charge in [0.15, 0.2) is 0 Å². The molecule has 0 radical (unpaired) electrons. The van der Waals surface area contributed by atoms with Gasteiger partial charge in [0.05, 0.1) is 11.2 Å². The van der Waals surface area contributed by atoms with Crippen LogP contribution in [0, 0.1) is 0 Å². The molecule has 3 N–H and O–H groups in total. The van der Waals surface area contributed by atoms with Gasteiger partial charge in [0.2, 0.25) is 0 Å². The molecule has 0 saturated heterocycles. The zero-order chi connectivity index (χ0) is 14.8. The van der Waals surface area contributed by atoms with E-state index in [0.29, 0.717) is 0 Å². The zero-order valence-electron chi connectivity index (χ0n) is 11.5. The molecule has 3 rings (SSSR count). The van der Waals surface area contributed by atoms with Crippen LogP contribution in [0.4, 0.5) is 11.4 Å². The Kier molecular flexibility index (Phi) is 3.75. The summed E-state index contributed by atoms with van der Waals surface area (Å²) in [6, 6.07) is 10.0. The van der Waals surface area contributed by atoms with Crippen molar-refractivity contribution in [3.63, 3.8) is 0 Å². The number of nitrogens with zero attached hydrogens (tertiary/aromatic N) is 2. The largest absolute Gasteiger partial charge is 0.398 e. The highest BCUT2D eigenvalue weighted by Crippen LogP contribution is 2.30. The number of pyridine rings is 2. The Hall–Kier alpha value is -2.14. The predicted molar refractivity (Wildman–Crippen MR) is 90.1 cm³/mol. The molecule has 1 aromatic carbocycles. The standard InChI is InChI=1S/C16H15BrN4/c1-10(11-4-6-19-7-5-11)21-15-3-2-14(18)13-8-12(17)9-20-16(13)15/h2-10,21H,18H2,1H3. The number of anilines is 2. The molecule has 1 atom stereocenters. The number of halogens is 1. The number of fused-ring (bicyclic) bond motifs is 1. The van der Waals surface area contributed by atoms with E-state index in [2.05, 4.69) is 38.1 Å². The van der Waals surface area contributed by atoms with Crippen molar-refractivity contribution in [2.24, 2.45) is 0 Å². The summed E-state index contributed by atoms with van der Waals surface area (Å²) in [4.78, 5) is 8.53. The maximum absolute atomic E-state index is 6.04. The van der Waals surface area contributed by atoms with Gasteiger partial charge in [-0.25, -0.2) is 0 Å². The fourth-order valence-corrected chi connectivity index (χ4v) is 2.63. The van der Waals surface area contributed by atoms with E-state index >= 15 is 0 Å². The van der Waals surface area contributed by atoms with Crippen molar-refractivity contribution in [3.8, 4) is 0 Å². The minimum atomic E-state index is 0.158. The normalized spacial score (nSPS) is 12.3. The topological polar surface area (TPSA) is 63.8 Å². The SMILES string of the molecule is CC(Nc1ccc(N)c2cc(Br)cnc12)c1ccncc1. The molecule has 106 valence electrons. The van der Waals surface area contributed by atoms with Crippen LogP contribution in [0.25, 0.3) is 10.9 Å². The van der Waals surface area contributed by atoms with Crippen molar-refractivity contribution in [1.29, 1.82) is 0 Å². The first kappa shape index (κ1) is 13.8. The van der Waals surface area contributed by atoms with E-state index in [-0.39, 0.29) is 6.04 Å². The van der Waals surface area contributed by atoms with Crippen molar-refractivity contribution in [2.75, 3.05) is 11.1 Å². The molecule has 1 unspecified atom stereocenters. The smallest absolute Gasteiger partial charge is 0.0954 e. The first-order valence-corrected chi connectivity index (χ1v) is 7.44. The molecule has 21 heavy (non-hydrogen) atoms. The Balaban J connectivity index is 2.00. The van der Waals surface area contributed by atoms with Gasteiger partial charge in [-0.05, 0) is 58.7 Å². The number of nitrogens with two attached hydrogens (primary N) is 1. The number of aromatic nitrogens is 2. The van der Waals surface area contributed by atoms with Crippen LogP contribution in [0.5, 0.6) is 0 Å². The summed E-state index contributed by atoms with van der Waals surface area (Å²) in [5, 5.41) is 4.43. The van der Waals surface area contributed by atoms with Gasteiger partial charge in [-0.1, -0.05) is 0 Å². The Bertz CT molecular complexity index is 774. The van der Waals surface area contributed by atoms with Crippen molar-refractivity contribution >= 4 is 38.2 Å². The molecular weight excluding hydrogens is 328 g/mol. The van der Waals surface area contributed by atoms with Gasteiger partial charge in [-0.3, -0.25) is 9.97 Å². The summed E-state index contributed by atoms with van der Waals surface area (Å²) in [6.45, 7) is 2.11. The average Bonchev–Trinajstić information content (AvgIpc) is 2.51. The first-order chi connectivity index (χ1) is 10.1. The lowest BCUT2D eigenvalue weighted by Crippen LogP contribution is -2.07. The van der Waals surface area contributed by atoms with E-state index in [4.69, 9.17) is 5.73 Å². The van der Waals surface area contributed by atoms with Gasteiger partial charge in [-0.15, -0.1) is 0 Å². The molecule has 0 amide bonds.